The van der Waals surface area contributed by atoms with Gasteiger partial charge in [-0.2, -0.15) is 0 Å². The summed E-state index contributed by atoms with van der Waals surface area (Å²) in [5, 5.41) is -0.444. The van der Waals surface area contributed by atoms with Crippen LogP contribution in [-0.4, -0.2) is 49.6 Å². The Balaban J connectivity index is 2.57. The van der Waals surface area contributed by atoms with E-state index in [9.17, 15) is 13.2 Å². The van der Waals surface area contributed by atoms with Crippen molar-refractivity contribution in [1.29, 1.82) is 0 Å². The minimum atomic E-state index is -3.06. The van der Waals surface area contributed by atoms with Gasteiger partial charge in [-0.25, -0.2) is 13.2 Å². The normalized spacial score (nSPS) is 22.2. The van der Waals surface area contributed by atoms with Crippen molar-refractivity contribution in [1.82, 2.24) is 4.90 Å². The maximum absolute atomic E-state index is 11.6. The summed E-state index contributed by atoms with van der Waals surface area (Å²) in [4.78, 5) is 13.1. The monoisotopic (exact) mass is 249 g/mol. The molecule has 1 aliphatic rings. The van der Waals surface area contributed by atoms with Gasteiger partial charge in [-0.15, -0.1) is 0 Å². The Kier molecular flexibility index (Phi) is 3.52. The lowest BCUT2D eigenvalue weighted by Gasteiger charge is -2.24. The first kappa shape index (κ1) is 13.3. The standard InChI is InChI=1S/C10H19NO4S/c1-10(2,3)15-9(12)11-6-5-8(7-11)16(4,13)14/h8H,5-7H2,1-4H3/t8-/m1/s1. The molecule has 0 aromatic rings. The van der Waals surface area contributed by atoms with Crippen LogP contribution in [0.4, 0.5) is 4.79 Å². The molecule has 0 aromatic heterocycles. The van der Waals surface area contributed by atoms with Crippen molar-refractivity contribution in [2.45, 2.75) is 38.0 Å². The number of hydrogen-bond donors (Lipinski definition) is 0. The molecular weight excluding hydrogens is 230 g/mol. The van der Waals surface area contributed by atoms with E-state index in [1.807, 2.05) is 0 Å². The molecular formula is C10H19NO4S. The van der Waals surface area contributed by atoms with Gasteiger partial charge in [-0.1, -0.05) is 0 Å². The third kappa shape index (κ3) is 3.66. The molecule has 0 spiro atoms. The Labute approximate surface area is 96.7 Å². The van der Waals surface area contributed by atoms with Crippen LogP contribution in [0.25, 0.3) is 0 Å². The van der Waals surface area contributed by atoms with Gasteiger partial charge in [0.05, 0.1) is 5.25 Å². The number of sulfone groups is 1. The third-order valence-corrected chi connectivity index (χ3v) is 4.00. The lowest BCUT2D eigenvalue weighted by Crippen LogP contribution is -2.36. The molecule has 0 N–H and O–H groups in total. The number of hydrogen-bond acceptors (Lipinski definition) is 4. The van der Waals surface area contributed by atoms with Gasteiger partial charge in [-0.05, 0) is 27.2 Å². The SMILES string of the molecule is CC(C)(C)OC(=O)N1CC[C@@H](S(C)(=O)=O)C1. The van der Waals surface area contributed by atoms with Crippen LogP contribution in [0.5, 0.6) is 0 Å². The van der Waals surface area contributed by atoms with Crippen molar-refractivity contribution in [3.8, 4) is 0 Å². The van der Waals surface area contributed by atoms with Gasteiger partial charge >= 0.3 is 6.09 Å². The van der Waals surface area contributed by atoms with Crippen LogP contribution in [0.1, 0.15) is 27.2 Å². The highest BCUT2D eigenvalue weighted by molar-refractivity contribution is 7.91. The first-order chi connectivity index (χ1) is 7.09. The highest BCUT2D eigenvalue weighted by Crippen LogP contribution is 2.19. The van der Waals surface area contributed by atoms with Gasteiger partial charge in [0.1, 0.15) is 5.60 Å². The van der Waals surface area contributed by atoms with Crippen LogP contribution in [-0.2, 0) is 14.6 Å². The lowest BCUT2D eigenvalue weighted by molar-refractivity contribution is 0.0295. The van der Waals surface area contributed by atoms with E-state index < -0.39 is 26.8 Å². The number of rotatable bonds is 1. The number of carbonyl (C=O) groups excluding carboxylic acids is 1. The molecule has 1 atom stereocenters. The fraction of sp³-hybridized carbons (Fsp3) is 0.900. The van der Waals surface area contributed by atoms with Crippen molar-refractivity contribution in [3.63, 3.8) is 0 Å². The molecule has 16 heavy (non-hydrogen) atoms. The molecule has 1 saturated heterocycles. The topological polar surface area (TPSA) is 63.7 Å². The van der Waals surface area contributed by atoms with E-state index in [0.717, 1.165) is 0 Å². The second-order valence-electron chi connectivity index (χ2n) is 5.17. The average molecular weight is 249 g/mol. The van der Waals surface area contributed by atoms with Gasteiger partial charge in [0, 0.05) is 19.3 Å². The van der Waals surface area contributed by atoms with Crippen molar-refractivity contribution < 1.29 is 17.9 Å². The van der Waals surface area contributed by atoms with Crippen LogP contribution < -0.4 is 0 Å². The number of carbonyl (C=O) groups is 1. The summed E-state index contributed by atoms with van der Waals surface area (Å²) < 4.78 is 27.8. The Hall–Kier alpha value is -0.780. The van der Waals surface area contributed by atoms with Gasteiger partial charge in [0.2, 0.25) is 0 Å². The lowest BCUT2D eigenvalue weighted by atomic mass is 10.2. The molecule has 1 rings (SSSR count). The molecule has 1 amide bonds. The summed E-state index contributed by atoms with van der Waals surface area (Å²) in [6.07, 6.45) is 1.27. The first-order valence-electron chi connectivity index (χ1n) is 5.26. The molecule has 6 heteroatoms. The van der Waals surface area contributed by atoms with E-state index in [1.54, 1.807) is 20.8 Å². The summed E-state index contributed by atoms with van der Waals surface area (Å²) in [6.45, 7) is 6.06. The molecule has 0 unspecified atom stereocenters. The maximum Gasteiger partial charge on any atom is 0.410 e. The Morgan fingerprint density at radius 3 is 2.31 bits per heavy atom. The number of likely N-dealkylation sites (tertiary alicyclic amines) is 1. The minimum Gasteiger partial charge on any atom is -0.444 e. The van der Waals surface area contributed by atoms with Crippen LogP contribution in [0.2, 0.25) is 0 Å². The van der Waals surface area contributed by atoms with Crippen molar-refractivity contribution >= 4 is 15.9 Å². The van der Waals surface area contributed by atoms with Crippen molar-refractivity contribution in [2.75, 3.05) is 19.3 Å². The maximum atomic E-state index is 11.6. The number of nitrogens with zero attached hydrogens (tertiary/aromatic N) is 1. The molecule has 1 heterocycles. The smallest absolute Gasteiger partial charge is 0.410 e. The van der Waals surface area contributed by atoms with Crippen molar-refractivity contribution in [3.05, 3.63) is 0 Å². The second kappa shape index (κ2) is 4.24. The largest absolute Gasteiger partial charge is 0.444 e. The molecule has 5 nitrogen and oxygen atoms in total. The summed E-state index contributed by atoms with van der Waals surface area (Å²) in [5.74, 6) is 0. The Bertz CT molecular complexity index is 369. The highest BCUT2D eigenvalue weighted by atomic mass is 32.2. The van der Waals surface area contributed by atoms with Gasteiger partial charge in [-0.3, -0.25) is 0 Å². The van der Waals surface area contributed by atoms with Crippen LogP contribution in [0.3, 0.4) is 0 Å². The summed E-state index contributed by atoms with van der Waals surface area (Å²) in [7, 11) is -3.06. The van der Waals surface area contributed by atoms with E-state index in [2.05, 4.69) is 0 Å². The summed E-state index contributed by atoms with van der Waals surface area (Å²) >= 11 is 0. The zero-order valence-corrected chi connectivity index (χ0v) is 11.0. The predicted molar refractivity (Wildman–Crippen MR) is 61.1 cm³/mol. The molecule has 0 aromatic carbocycles. The molecule has 94 valence electrons. The predicted octanol–water partition coefficient (Wildman–Crippen LogP) is 1.04. The van der Waals surface area contributed by atoms with Crippen molar-refractivity contribution in [2.24, 2.45) is 0 Å². The fourth-order valence-corrected chi connectivity index (χ4v) is 2.55. The zero-order valence-electron chi connectivity index (χ0n) is 10.2. The summed E-state index contributed by atoms with van der Waals surface area (Å²) in [6, 6.07) is 0. The molecule has 0 saturated carbocycles. The van der Waals surface area contributed by atoms with Gasteiger partial charge < -0.3 is 9.64 Å². The molecule has 0 bridgehead atoms. The third-order valence-electron chi connectivity index (χ3n) is 2.40. The van der Waals surface area contributed by atoms with Crippen LogP contribution in [0, 0.1) is 0 Å². The van der Waals surface area contributed by atoms with E-state index in [1.165, 1.54) is 11.2 Å². The molecule has 0 aliphatic carbocycles. The van der Waals surface area contributed by atoms with Gasteiger partial charge in [0.25, 0.3) is 0 Å². The minimum absolute atomic E-state index is 0.244. The molecule has 1 aliphatic heterocycles. The van der Waals surface area contributed by atoms with Gasteiger partial charge in [0.15, 0.2) is 9.84 Å². The number of amides is 1. The van der Waals surface area contributed by atoms with E-state index in [-0.39, 0.29) is 6.54 Å². The number of ether oxygens (including phenoxy) is 1. The quantitative estimate of drug-likeness (QED) is 0.696. The Morgan fingerprint density at radius 1 is 1.38 bits per heavy atom. The van der Waals surface area contributed by atoms with Crippen LogP contribution >= 0.6 is 0 Å². The summed E-state index contributed by atoms with van der Waals surface area (Å²) in [5.41, 5.74) is -0.541. The highest BCUT2D eigenvalue weighted by Gasteiger charge is 2.34. The molecule has 0 radical (unpaired) electrons. The zero-order chi connectivity index (χ0) is 12.6. The molecule has 1 fully saturated rings. The van der Waals surface area contributed by atoms with Crippen LogP contribution in [0.15, 0.2) is 0 Å². The average Bonchev–Trinajstić information content (AvgIpc) is 2.46. The van der Waals surface area contributed by atoms with E-state index >= 15 is 0 Å². The second-order valence-corrected chi connectivity index (χ2v) is 7.49. The fourth-order valence-electron chi connectivity index (χ4n) is 1.57. The Morgan fingerprint density at radius 2 is 1.94 bits per heavy atom. The van der Waals surface area contributed by atoms with E-state index in [0.29, 0.717) is 13.0 Å². The van der Waals surface area contributed by atoms with E-state index in [4.69, 9.17) is 4.74 Å². The first-order valence-corrected chi connectivity index (χ1v) is 7.22.